The van der Waals surface area contributed by atoms with E-state index in [-0.39, 0.29) is 5.41 Å². The summed E-state index contributed by atoms with van der Waals surface area (Å²) >= 11 is 0. The zero-order valence-electron chi connectivity index (χ0n) is 13.1. The van der Waals surface area contributed by atoms with Crippen molar-refractivity contribution in [2.75, 3.05) is 19.0 Å². The maximum atomic E-state index is 12.7. The Morgan fingerprint density at radius 3 is 2.00 bits per heavy atom. The Hall–Kier alpha value is -1.11. The molecule has 0 radical (unpaired) electrons. The number of sulfonamides is 1. The lowest BCUT2D eigenvalue weighted by Gasteiger charge is -2.27. The molecule has 0 bridgehead atoms. The van der Waals surface area contributed by atoms with Crippen LogP contribution in [0.15, 0.2) is 17.0 Å². The van der Waals surface area contributed by atoms with Crippen LogP contribution in [0, 0.1) is 19.3 Å². The normalized spacial score (nSPS) is 12.8. The van der Waals surface area contributed by atoms with E-state index in [1.807, 2.05) is 20.8 Å². The minimum atomic E-state index is -3.49. The molecular formula is C14H25N3O2S. The van der Waals surface area contributed by atoms with E-state index >= 15 is 0 Å². The van der Waals surface area contributed by atoms with Crippen molar-refractivity contribution in [2.24, 2.45) is 11.3 Å². The number of rotatable bonds is 4. The average molecular weight is 299 g/mol. The predicted molar refractivity (Wildman–Crippen MR) is 83.0 cm³/mol. The minimum Gasteiger partial charge on any atom is -0.324 e. The largest absolute Gasteiger partial charge is 0.324 e. The molecule has 0 aliphatic heterocycles. The molecule has 0 saturated heterocycles. The zero-order valence-corrected chi connectivity index (χ0v) is 13.9. The molecule has 0 spiro atoms. The van der Waals surface area contributed by atoms with Gasteiger partial charge in [-0.2, -0.15) is 0 Å². The first-order valence-electron chi connectivity index (χ1n) is 6.53. The van der Waals surface area contributed by atoms with Crippen LogP contribution in [0.5, 0.6) is 0 Å². The van der Waals surface area contributed by atoms with Gasteiger partial charge in [0, 0.05) is 19.3 Å². The summed E-state index contributed by atoms with van der Waals surface area (Å²) in [7, 11) is -1.87. The third-order valence-corrected chi connectivity index (χ3v) is 5.10. The van der Waals surface area contributed by atoms with Gasteiger partial charge >= 0.3 is 0 Å². The third-order valence-electron chi connectivity index (χ3n) is 2.99. The van der Waals surface area contributed by atoms with Crippen molar-refractivity contribution >= 4 is 15.7 Å². The monoisotopic (exact) mass is 299 g/mol. The average Bonchev–Trinajstić information content (AvgIpc) is 2.24. The van der Waals surface area contributed by atoms with Gasteiger partial charge in [-0.25, -0.2) is 12.7 Å². The summed E-state index contributed by atoms with van der Waals surface area (Å²) < 4.78 is 26.9. The molecule has 5 nitrogen and oxygen atoms in total. The Labute approximate surface area is 122 Å². The highest BCUT2D eigenvalue weighted by Crippen LogP contribution is 2.28. The summed E-state index contributed by atoms with van der Waals surface area (Å²) in [6.07, 6.45) is 0. The summed E-state index contributed by atoms with van der Waals surface area (Å²) in [6, 6.07) is 3.48. The molecule has 0 unspecified atom stereocenters. The number of hydrogen-bond donors (Lipinski definition) is 2. The van der Waals surface area contributed by atoms with E-state index in [1.165, 1.54) is 4.31 Å². The fraction of sp³-hybridized carbons (Fsp3) is 0.571. The molecule has 114 valence electrons. The van der Waals surface area contributed by atoms with Crippen molar-refractivity contribution in [2.45, 2.75) is 39.5 Å². The van der Waals surface area contributed by atoms with Crippen LogP contribution in [-0.2, 0) is 10.0 Å². The SMILES string of the molecule is Cc1cc(NN)cc(C)c1S(=O)(=O)N(C)CC(C)(C)C. The first-order valence-corrected chi connectivity index (χ1v) is 7.97. The molecule has 0 aliphatic rings. The van der Waals surface area contributed by atoms with E-state index in [0.29, 0.717) is 28.3 Å². The van der Waals surface area contributed by atoms with E-state index in [1.54, 1.807) is 33.0 Å². The molecule has 0 fully saturated rings. The highest BCUT2D eigenvalue weighted by atomic mass is 32.2. The van der Waals surface area contributed by atoms with Crippen molar-refractivity contribution in [1.29, 1.82) is 0 Å². The van der Waals surface area contributed by atoms with Crippen LogP contribution >= 0.6 is 0 Å². The number of aryl methyl sites for hydroxylation is 2. The standard InChI is InChI=1S/C14H25N3O2S/c1-10-7-12(16-15)8-11(2)13(10)20(18,19)17(6)9-14(3,4)5/h7-8,16H,9,15H2,1-6H3. The first kappa shape index (κ1) is 16.9. The van der Waals surface area contributed by atoms with Crippen molar-refractivity contribution in [1.82, 2.24) is 4.31 Å². The number of nitrogens with two attached hydrogens (primary N) is 1. The van der Waals surface area contributed by atoms with Gasteiger partial charge in [-0.1, -0.05) is 20.8 Å². The van der Waals surface area contributed by atoms with E-state index in [0.717, 1.165) is 0 Å². The molecule has 0 atom stereocenters. The summed E-state index contributed by atoms with van der Waals surface area (Å²) in [4.78, 5) is 0.364. The van der Waals surface area contributed by atoms with E-state index in [2.05, 4.69) is 5.43 Å². The Morgan fingerprint density at radius 1 is 1.20 bits per heavy atom. The lowest BCUT2D eigenvalue weighted by atomic mass is 9.97. The summed E-state index contributed by atoms with van der Waals surface area (Å²) in [5, 5.41) is 0. The van der Waals surface area contributed by atoms with Crippen molar-refractivity contribution < 1.29 is 8.42 Å². The van der Waals surface area contributed by atoms with Crippen molar-refractivity contribution in [3.63, 3.8) is 0 Å². The summed E-state index contributed by atoms with van der Waals surface area (Å²) in [5.41, 5.74) is 4.54. The third kappa shape index (κ3) is 3.71. The van der Waals surface area contributed by atoms with Crippen LogP contribution in [-0.4, -0.2) is 26.3 Å². The maximum Gasteiger partial charge on any atom is 0.243 e. The number of hydrogen-bond acceptors (Lipinski definition) is 4. The van der Waals surface area contributed by atoms with Crippen LogP contribution in [0.1, 0.15) is 31.9 Å². The number of nitrogen functional groups attached to an aromatic ring is 1. The fourth-order valence-corrected chi connectivity index (χ4v) is 4.15. The van der Waals surface area contributed by atoms with Gasteiger partial charge in [0.25, 0.3) is 0 Å². The Morgan fingerprint density at radius 2 is 1.65 bits per heavy atom. The molecule has 0 aliphatic carbocycles. The highest BCUT2D eigenvalue weighted by Gasteiger charge is 2.28. The maximum absolute atomic E-state index is 12.7. The van der Waals surface area contributed by atoms with Crippen molar-refractivity contribution in [3.05, 3.63) is 23.3 Å². The molecule has 0 heterocycles. The minimum absolute atomic E-state index is 0.0949. The molecule has 0 aromatic heterocycles. The lowest BCUT2D eigenvalue weighted by molar-refractivity contribution is 0.310. The predicted octanol–water partition coefficient (Wildman–Crippen LogP) is 2.26. The van der Waals surface area contributed by atoms with Gasteiger partial charge in [-0.3, -0.25) is 5.84 Å². The number of anilines is 1. The molecule has 1 aromatic carbocycles. The van der Waals surface area contributed by atoms with Gasteiger partial charge in [0.05, 0.1) is 4.90 Å². The molecule has 1 rings (SSSR count). The van der Waals surface area contributed by atoms with Crippen LogP contribution in [0.2, 0.25) is 0 Å². The molecule has 0 amide bonds. The molecule has 1 aromatic rings. The Balaban J connectivity index is 3.29. The highest BCUT2D eigenvalue weighted by molar-refractivity contribution is 7.89. The number of hydrazine groups is 1. The number of nitrogens with zero attached hydrogens (tertiary/aromatic N) is 1. The molecular weight excluding hydrogens is 274 g/mol. The molecule has 20 heavy (non-hydrogen) atoms. The van der Waals surface area contributed by atoms with Crippen LogP contribution in [0.4, 0.5) is 5.69 Å². The van der Waals surface area contributed by atoms with Gasteiger partial charge in [-0.05, 0) is 42.5 Å². The molecule has 0 saturated carbocycles. The topological polar surface area (TPSA) is 75.4 Å². The van der Waals surface area contributed by atoms with Gasteiger partial charge < -0.3 is 5.43 Å². The number of benzene rings is 1. The van der Waals surface area contributed by atoms with Crippen LogP contribution in [0.25, 0.3) is 0 Å². The van der Waals surface area contributed by atoms with Gasteiger partial charge in [0.1, 0.15) is 0 Å². The van der Waals surface area contributed by atoms with Crippen LogP contribution < -0.4 is 11.3 Å². The fourth-order valence-electron chi connectivity index (χ4n) is 2.35. The number of nitrogens with one attached hydrogen (secondary N) is 1. The van der Waals surface area contributed by atoms with Crippen molar-refractivity contribution in [3.8, 4) is 0 Å². The Kier molecular flexibility index (Phi) is 4.84. The molecule has 6 heteroatoms. The summed E-state index contributed by atoms with van der Waals surface area (Å²) in [5.74, 6) is 5.38. The second kappa shape index (κ2) is 5.71. The second-order valence-electron chi connectivity index (χ2n) is 6.41. The van der Waals surface area contributed by atoms with Gasteiger partial charge in [0.15, 0.2) is 0 Å². The Bertz CT molecular complexity index is 566. The molecule has 3 N–H and O–H groups in total. The van der Waals surface area contributed by atoms with Gasteiger partial charge in [-0.15, -0.1) is 0 Å². The van der Waals surface area contributed by atoms with E-state index in [9.17, 15) is 8.42 Å². The quantitative estimate of drug-likeness (QED) is 0.660. The van der Waals surface area contributed by atoms with E-state index in [4.69, 9.17) is 5.84 Å². The second-order valence-corrected chi connectivity index (χ2v) is 8.39. The van der Waals surface area contributed by atoms with Crippen LogP contribution in [0.3, 0.4) is 0 Å². The lowest BCUT2D eigenvalue weighted by Crippen LogP contribution is -2.35. The zero-order chi connectivity index (χ0) is 15.7. The smallest absolute Gasteiger partial charge is 0.243 e. The van der Waals surface area contributed by atoms with E-state index < -0.39 is 10.0 Å². The first-order chi connectivity index (χ1) is 8.99. The summed E-state index contributed by atoms with van der Waals surface area (Å²) in [6.45, 7) is 10.1. The van der Waals surface area contributed by atoms with Gasteiger partial charge in [0.2, 0.25) is 10.0 Å².